The lowest BCUT2D eigenvalue weighted by molar-refractivity contribution is 0.0734. The van der Waals surface area contributed by atoms with Gasteiger partial charge >= 0.3 is 5.97 Å². The van der Waals surface area contributed by atoms with E-state index in [1.165, 1.54) is 63.4 Å². The first-order valence-corrected chi connectivity index (χ1v) is 13.8. The standard InChI is InChI=1S/C32H44O3/c1-3-5-6-7-8-9-25-34-30-23-19-29(20-24-30)32(33)35-31-21-17-28(18-22-31)16-15-27-13-11-26(10-4-2)12-14-27/h3,17-24,26-27H,1,4-16,25H2,2H3. The monoisotopic (exact) mass is 476 g/mol. The minimum atomic E-state index is -0.338. The molecule has 1 aliphatic rings. The maximum absolute atomic E-state index is 12.5. The highest BCUT2D eigenvalue weighted by Crippen LogP contribution is 2.34. The van der Waals surface area contributed by atoms with Gasteiger partial charge in [-0.15, -0.1) is 6.58 Å². The van der Waals surface area contributed by atoms with Gasteiger partial charge in [-0.25, -0.2) is 4.79 Å². The van der Waals surface area contributed by atoms with E-state index in [9.17, 15) is 4.79 Å². The SMILES string of the molecule is C=CCCCCCCOc1ccc(C(=O)Oc2ccc(CCC3CCC(CCC)CC3)cc2)cc1. The van der Waals surface area contributed by atoms with E-state index in [2.05, 4.69) is 25.6 Å². The number of aryl methyl sites for hydroxylation is 1. The number of hydrogen-bond acceptors (Lipinski definition) is 3. The molecule has 3 nitrogen and oxygen atoms in total. The third kappa shape index (κ3) is 9.92. The van der Waals surface area contributed by atoms with Gasteiger partial charge in [0.15, 0.2) is 0 Å². The van der Waals surface area contributed by atoms with Crippen molar-refractivity contribution >= 4 is 5.97 Å². The molecule has 1 fully saturated rings. The van der Waals surface area contributed by atoms with Crippen molar-refractivity contribution in [1.29, 1.82) is 0 Å². The molecular formula is C32H44O3. The topological polar surface area (TPSA) is 35.5 Å². The van der Waals surface area contributed by atoms with E-state index < -0.39 is 0 Å². The predicted octanol–water partition coefficient (Wildman–Crippen LogP) is 8.96. The van der Waals surface area contributed by atoms with Crippen LogP contribution in [0, 0.1) is 11.8 Å². The van der Waals surface area contributed by atoms with E-state index in [0.29, 0.717) is 17.9 Å². The lowest BCUT2D eigenvalue weighted by atomic mass is 9.78. The number of hydrogen-bond donors (Lipinski definition) is 0. The van der Waals surface area contributed by atoms with Crippen molar-refractivity contribution in [2.75, 3.05) is 6.61 Å². The lowest BCUT2D eigenvalue weighted by Gasteiger charge is -2.28. The summed E-state index contributed by atoms with van der Waals surface area (Å²) in [5.41, 5.74) is 1.85. The van der Waals surface area contributed by atoms with Crippen molar-refractivity contribution in [2.45, 2.75) is 90.4 Å². The van der Waals surface area contributed by atoms with Crippen LogP contribution in [0.5, 0.6) is 11.5 Å². The van der Waals surface area contributed by atoms with Gasteiger partial charge in [-0.2, -0.15) is 0 Å². The van der Waals surface area contributed by atoms with E-state index in [0.717, 1.165) is 43.3 Å². The van der Waals surface area contributed by atoms with Gasteiger partial charge in [0.05, 0.1) is 12.2 Å². The molecular weight excluding hydrogens is 432 g/mol. The van der Waals surface area contributed by atoms with Crippen LogP contribution in [0.25, 0.3) is 0 Å². The van der Waals surface area contributed by atoms with Crippen LogP contribution in [0.1, 0.15) is 99.9 Å². The minimum Gasteiger partial charge on any atom is -0.494 e. The van der Waals surface area contributed by atoms with Crippen molar-refractivity contribution in [2.24, 2.45) is 11.8 Å². The van der Waals surface area contributed by atoms with Crippen molar-refractivity contribution in [1.82, 2.24) is 0 Å². The minimum absolute atomic E-state index is 0.338. The largest absolute Gasteiger partial charge is 0.494 e. The lowest BCUT2D eigenvalue weighted by Crippen LogP contribution is -2.15. The molecule has 0 spiro atoms. The number of allylic oxidation sites excluding steroid dienone is 1. The Hall–Kier alpha value is -2.55. The smallest absolute Gasteiger partial charge is 0.343 e. The summed E-state index contributed by atoms with van der Waals surface area (Å²) in [4.78, 5) is 12.5. The summed E-state index contributed by atoms with van der Waals surface area (Å²) in [5, 5.41) is 0. The first kappa shape index (κ1) is 27.0. The van der Waals surface area contributed by atoms with Gasteiger partial charge in [0, 0.05) is 0 Å². The van der Waals surface area contributed by atoms with Gasteiger partial charge in [-0.1, -0.05) is 76.5 Å². The molecule has 2 aromatic rings. The van der Waals surface area contributed by atoms with Crippen LogP contribution in [-0.2, 0) is 6.42 Å². The Kier molecular flexibility index (Phi) is 11.9. The summed E-state index contributed by atoms with van der Waals surface area (Å²) in [5.74, 6) is 2.88. The van der Waals surface area contributed by atoms with Gasteiger partial charge < -0.3 is 9.47 Å². The highest BCUT2D eigenvalue weighted by molar-refractivity contribution is 5.91. The average molecular weight is 477 g/mol. The number of esters is 1. The maximum atomic E-state index is 12.5. The Labute approximate surface area is 212 Å². The fraction of sp³-hybridized carbons (Fsp3) is 0.531. The number of ether oxygens (including phenoxy) is 2. The third-order valence-corrected chi connectivity index (χ3v) is 7.30. The first-order valence-electron chi connectivity index (χ1n) is 13.8. The summed E-state index contributed by atoms with van der Waals surface area (Å²) in [7, 11) is 0. The zero-order valence-electron chi connectivity index (χ0n) is 21.7. The normalized spacial score (nSPS) is 17.6. The van der Waals surface area contributed by atoms with Gasteiger partial charge in [-0.3, -0.25) is 0 Å². The molecule has 1 saturated carbocycles. The van der Waals surface area contributed by atoms with Crippen molar-refractivity contribution < 1.29 is 14.3 Å². The molecule has 190 valence electrons. The Morgan fingerprint density at radius 2 is 1.49 bits per heavy atom. The summed E-state index contributed by atoms with van der Waals surface area (Å²) in [6.45, 7) is 6.75. The molecule has 0 amide bonds. The number of unbranched alkanes of at least 4 members (excludes halogenated alkanes) is 4. The summed E-state index contributed by atoms with van der Waals surface area (Å²) in [6, 6.07) is 15.2. The second-order valence-electron chi connectivity index (χ2n) is 10.1. The zero-order chi connectivity index (χ0) is 24.7. The molecule has 1 aliphatic carbocycles. The highest BCUT2D eigenvalue weighted by Gasteiger charge is 2.20. The van der Waals surface area contributed by atoms with E-state index in [4.69, 9.17) is 9.47 Å². The average Bonchev–Trinajstić information content (AvgIpc) is 2.89. The molecule has 3 rings (SSSR count). The van der Waals surface area contributed by atoms with Crippen LogP contribution in [0.2, 0.25) is 0 Å². The van der Waals surface area contributed by atoms with Gasteiger partial charge in [0.25, 0.3) is 0 Å². The summed E-state index contributed by atoms with van der Waals surface area (Å²) >= 11 is 0. The van der Waals surface area contributed by atoms with E-state index >= 15 is 0 Å². The summed E-state index contributed by atoms with van der Waals surface area (Å²) < 4.78 is 11.4. The fourth-order valence-electron chi connectivity index (χ4n) is 5.10. The van der Waals surface area contributed by atoms with Crippen LogP contribution in [0.15, 0.2) is 61.2 Å². The molecule has 3 heteroatoms. The van der Waals surface area contributed by atoms with E-state index in [1.54, 1.807) is 12.1 Å². The van der Waals surface area contributed by atoms with Gasteiger partial charge in [0.1, 0.15) is 11.5 Å². The van der Waals surface area contributed by atoms with Crippen LogP contribution >= 0.6 is 0 Å². The molecule has 0 bridgehead atoms. The van der Waals surface area contributed by atoms with Gasteiger partial charge in [0.2, 0.25) is 0 Å². The second kappa shape index (κ2) is 15.4. The number of carbonyl (C=O) groups excluding carboxylic acids is 1. The highest BCUT2D eigenvalue weighted by atomic mass is 16.5. The second-order valence-corrected chi connectivity index (χ2v) is 10.1. The van der Waals surface area contributed by atoms with Crippen molar-refractivity contribution in [3.63, 3.8) is 0 Å². The Morgan fingerprint density at radius 1 is 0.857 bits per heavy atom. The fourth-order valence-corrected chi connectivity index (χ4v) is 5.10. The molecule has 0 N–H and O–H groups in total. The molecule has 0 aliphatic heterocycles. The zero-order valence-corrected chi connectivity index (χ0v) is 21.7. The van der Waals surface area contributed by atoms with E-state index in [1.807, 2.05) is 30.3 Å². The molecule has 0 aromatic heterocycles. The van der Waals surface area contributed by atoms with E-state index in [-0.39, 0.29) is 5.97 Å². The van der Waals surface area contributed by atoms with Crippen molar-refractivity contribution in [3.8, 4) is 11.5 Å². The van der Waals surface area contributed by atoms with Gasteiger partial charge in [-0.05, 0) is 85.9 Å². The molecule has 0 radical (unpaired) electrons. The Morgan fingerprint density at radius 3 is 2.14 bits per heavy atom. The molecule has 0 unspecified atom stereocenters. The molecule has 35 heavy (non-hydrogen) atoms. The van der Waals surface area contributed by atoms with Crippen LogP contribution in [0.4, 0.5) is 0 Å². The number of benzene rings is 2. The molecule has 2 aromatic carbocycles. The Balaban J connectivity index is 1.35. The van der Waals surface area contributed by atoms with Crippen LogP contribution < -0.4 is 9.47 Å². The molecule has 0 saturated heterocycles. The number of rotatable bonds is 15. The maximum Gasteiger partial charge on any atom is 0.343 e. The van der Waals surface area contributed by atoms with Crippen LogP contribution in [0.3, 0.4) is 0 Å². The Bertz CT molecular complexity index is 861. The quantitative estimate of drug-likeness (QED) is 0.111. The first-order chi connectivity index (χ1) is 17.2. The summed E-state index contributed by atoms with van der Waals surface area (Å²) in [6.07, 6.45) is 18.4. The molecule has 0 heterocycles. The number of carbonyl (C=O) groups is 1. The van der Waals surface area contributed by atoms with Crippen molar-refractivity contribution in [3.05, 3.63) is 72.3 Å². The third-order valence-electron chi connectivity index (χ3n) is 7.30. The predicted molar refractivity (Wildman–Crippen MR) is 145 cm³/mol. The van der Waals surface area contributed by atoms with Crippen LogP contribution in [-0.4, -0.2) is 12.6 Å². The molecule has 0 atom stereocenters.